The zero-order chi connectivity index (χ0) is 18.4. The Labute approximate surface area is 156 Å². The van der Waals surface area contributed by atoms with Crippen LogP contribution in [0.5, 0.6) is 5.75 Å². The van der Waals surface area contributed by atoms with Gasteiger partial charge in [-0.3, -0.25) is 4.79 Å². The third-order valence-electron chi connectivity index (χ3n) is 5.25. The van der Waals surface area contributed by atoms with Gasteiger partial charge in [-0.2, -0.15) is 0 Å². The summed E-state index contributed by atoms with van der Waals surface area (Å²) in [4.78, 5) is 27.6. The number of thiophene rings is 1. The van der Waals surface area contributed by atoms with E-state index in [1.165, 1.54) is 4.88 Å². The number of amides is 3. The van der Waals surface area contributed by atoms with Gasteiger partial charge in [0.2, 0.25) is 0 Å². The van der Waals surface area contributed by atoms with Crippen LogP contribution < -0.4 is 15.4 Å². The van der Waals surface area contributed by atoms with E-state index in [1.807, 2.05) is 37.1 Å². The number of likely N-dealkylation sites (tertiary alicyclic amines) is 1. The topological polar surface area (TPSA) is 70.7 Å². The van der Waals surface area contributed by atoms with E-state index in [-0.39, 0.29) is 24.6 Å². The second-order valence-electron chi connectivity index (χ2n) is 6.73. The largest absolute Gasteiger partial charge is 0.481 e. The number of rotatable bonds is 2. The standard InChI is InChI=1S/C19H21N3O3S/c1-10-11(2)18-17(20-15(23)9-25-18)12(3)16(10)21-19(24)22-7-6-13(22)14-5-4-8-26-14/h4-5,8,13H,6-7,9H2,1-3H3,(H,20,23)(H,21,24)/t13-/m0/s1. The normalized spacial score (nSPS) is 18.5. The number of nitrogens with zero attached hydrogens (tertiary/aromatic N) is 1. The van der Waals surface area contributed by atoms with Crippen molar-refractivity contribution in [2.45, 2.75) is 33.2 Å². The molecule has 1 atom stereocenters. The summed E-state index contributed by atoms with van der Waals surface area (Å²) < 4.78 is 5.60. The van der Waals surface area contributed by atoms with Crippen molar-refractivity contribution in [3.63, 3.8) is 0 Å². The number of ether oxygens (including phenoxy) is 1. The van der Waals surface area contributed by atoms with Crippen molar-refractivity contribution in [1.29, 1.82) is 0 Å². The van der Waals surface area contributed by atoms with E-state index in [0.717, 1.165) is 35.3 Å². The predicted molar refractivity (Wildman–Crippen MR) is 102 cm³/mol. The zero-order valence-corrected chi connectivity index (χ0v) is 15.8. The van der Waals surface area contributed by atoms with E-state index in [0.29, 0.717) is 11.4 Å². The summed E-state index contributed by atoms with van der Waals surface area (Å²) in [6.07, 6.45) is 0.985. The Bertz CT molecular complexity index is 892. The van der Waals surface area contributed by atoms with Gasteiger partial charge in [-0.1, -0.05) is 6.07 Å². The van der Waals surface area contributed by atoms with E-state index in [9.17, 15) is 9.59 Å². The van der Waals surface area contributed by atoms with Gasteiger partial charge in [-0.15, -0.1) is 11.3 Å². The number of hydrogen-bond acceptors (Lipinski definition) is 4. The molecule has 1 saturated heterocycles. The summed E-state index contributed by atoms with van der Waals surface area (Å²) in [5, 5.41) is 7.97. The SMILES string of the molecule is Cc1c(C)c2c(c(C)c1NC(=O)N1CC[C@H]1c1cccs1)NC(=O)CO2. The highest BCUT2D eigenvalue weighted by Gasteiger charge is 2.35. The lowest BCUT2D eigenvalue weighted by Gasteiger charge is -2.40. The average molecular weight is 371 g/mol. The number of fused-ring (bicyclic) bond motifs is 1. The van der Waals surface area contributed by atoms with Crippen molar-refractivity contribution in [2.75, 3.05) is 23.8 Å². The van der Waals surface area contributed by atoms with Crippen molar-refractivity contribution in [2.24, 2.45) is 0 Å². The molecule has 7 heteroatoms. The molecule has 6 nitrogen and oxygen atoms in total. The van der Waals surface area contributed by atoms with Gasteiger partial charge in [0.1, 0.15) is 5.75 Å². The third kappa shape index (κ3) is 2.63. The molecule has 3 heterocycles. The Balaban J connectivity index is 1.62. The first kappa shape index (κ1) is 16.9. The van der Waals surface area contributed by atoms with Crippen LogP contribution in [-0.2, 0) is 4.79 Å². The van der Waals surface area contributed by atoms with Crippen molar-refractivity contribution in [1.82, 2.24) is 4.90 Å². The van der Waals surface area contributed by atoms with Crippen LogP contribution >= 0.6 is 11.3 Å². The molecule has 136 valence electrons. The van der Waals surface area contributed by atoms with Crippen LogP contribution in [0.2, 0.25) is 0 Å². The highest BCUT2D eigenvalue weighted by molar-refractivity contribution is 7.10. The van der Waals surface area contributed by atoms with Crippen LogP contribution in [0.4, 0.5) is 16.2 Å². The van der Waals surface area contributed by atoms with Crippen molar-refractivity contribution >= 4 is 34.6 Å². The van der Waals surface area contributed by atoms with Gasteiger partial charge in [-0.25, -0.2) is 4.79 Å². The van der Waals surface area contributed by atoms with Crippen LogP contribution in [0.15, 0.2) is 17.5 Å². The number of urea groups is 1. The molecule has 0 radical (unpaired) electrons. The van der Waals surface area contributed by atoms with Gasteiger partial charge >= 0.3 is 6.03 Å². The molecule has 0 aliphatic carbocycles. The molecule has 1 aromatic carbocycles. The molecular formula is C19H21N3O3S. The van der Waals surface area contributed by atoms with Crippen molar-refractivity contribution in [3.8, 4) is 5.75 Å². The summed E-state index contributed by atoms with van der Waals surface area (Å²) >= 11 is 1.68. The zero-order valence-electron chi connectivity index (χ0n) is 15.0. The molecule has 4 rings (SSSR count). The Morgan fingerprint density at radius 2 is 2.12 bits per heavy atom. The molecular weight excluding hydrogens is 350 g/mol. The molecule has 0 saturated carbocycles. The van der Waals surface area contributed by atoms with Crippen LogP contribution in [0.1, 0.15) is 34.0 Å². The summed E-state index contributed by atoms with van der Waals surface area (Å²) in [6.45, 7) is 6.57. The van der Waals surface area contributed by atoms with E-state index >= 15 is 0 Å². The average Bonchev–Trinajstić information content (AvgIpc) is 3.09. The smallest absolute Gasteiger partial charge is 0.322 e. The molecule has 1 aromatic heterocycles. The monoisotopic (exact) mass is 371 g/mol. The third-order valence-corrected chi connectivity index (χ3v) is 6.22. The quantitative estimate of drug-likeness (QED) is 0.839. The number of anilines is 2. The first-order chi connectivity index (χ1) is 12.5. The minimum absolute atomic E-state index is 0.0225. The molecule has 0 bridgehead atoms. The molecule has 2 aliphatic rings. The van der Waals surface area contributed by atoms with Gasteiger partial charge in [-0.05, 0) is 49.8 Å². The van der Waals surface area contributed by atoms with Crippen molar-refractivity contribution < 1.29 is 14.3 Å². The molecule has 26 heavy (non-hydrogen) atoms. The molecule has 3 amide bonds. The fourth-order valence-corrected chi connectivity index (χ4v) is 4.41. The summed E-state index contributed by atoms with van der Waals surface area (Å²) in [6, 6.07) is 4.12. The van der Waals surface area contributed by atoms with E-state index in [2.05, 4.69) is 16.7 Å². The van der Waals surface area contributed by atoms with E-state index < -0.39 is 0 Å². The lowest BCUT2D eigenvalue weighted by molar-refractivity contribution is -0.118. The highest BCUT2D eigenvalue weighted by Crippen LogP contribution is 2.42. The first-order valence-electron chi connectivity index (χ1n) is 8.64. The highest BCUT2D eigenvalue weighted by atomic mass is 32.1. The minimum atomic E-state index is -0.179. The van der Waals surface area contributed by atoms with Gasteiger partial charge in [0.05, 0.1) is 17.4 Å². The molecule has 2 N–H and O–H groups in total. The maximum absolute atomic E-state index is 12.8. The summed E-state index contributed by atoms with van der Waals surface area (Å²) in [5.41, 5.74) is 4.10. The number of carbonyl (C=O) groups is 2. The molecule has 0 spiro atoms. The molecule has 1 fully saturated rings. The van der Waals surface area contributed by atoms with Crippen LogP contribution in [0.3, 0.4) is 0 Å². The lowest BCUT2D eigenvalue weighted by atomic mass is 9.98. The van der Waals surface area contributed by atoms with Crippen LogP contribution in [0.25, 0.3) is 0 Å². The number of benzene rings is 1. The number of carbonyl (C=O) groups excluding carboxylic acids is 2. The second kappa shape index (κ2) is 6.32. The summed E-state index contributed by atoms with van der Waals surface area (Å²) in [5.74, 6) is 0.514. The minimum Gasteiger partial charge on any atom is -0.481 e. The predicted octanol–water partition coefficient (Wildman–Crippen LogP) is 3.98. The maximum Gasteiger partial charge on any atom is 0.322 e. The van der Waals surface area contributed by atoms with Crippen LogP contribution in [-0.4, -0.2) is 30.0 Å². The summed E-state index contributed by atoms with van der Waals surface area (Å²) in [7, 11) is 0. The number of hydrogen-bond donors (Lipinski definition) is 2. The molecule has 0 unspecified atom stereocenters. The molecule has 2 aliphatic heterocycles. The fourth-order valence-electron chi connectivity index (χ4n) is 3.54. The van der Waals surface area contributed by atoms with Gasteiger partial charge in [0.15, 0.2) is 6.61 Å². The van der Waals surface area contributed by atoms with Gasteiger partial charge < -0.3 is 20.3 Å². The second-order valence-corrected chi connectivity index (χ2v) is 7.71. The fraction of sp³-hybridized carbons (Fsp3) is 0.368. The van der Waals surface area contributed by atoms with E-state index in [1.54, 1.807) is 11.3 Å². The first-order valence-corrected chi connectivity index (χ1v) is 9.52. The lowest BCUT2D eigenvalue weighted by Crippen LogP contribution is -2.47. The maximum atomic E-state index is 12.8. The van der Waals surface area contributed by atoms with Crippen molar-refractivity contribution in [3.05, 3.63) is 39.1 Å². The van der Waals surface area contributed by atoms with Gasteiger partial charge in [0, 0.05) is 17.0 Å². The van der Waals surface area contributed by atoms with Gasteiger partial charge in [0.25, 0.3) is 5.91 Å². The Hall–Kier alpha value is -2.54. The Kier molecular flexibility index (Phi) is 4.11. The van der Waals surface area contributed by atoms with E-state index in [4.69, 9.17) is 4.74 Å². The Morgan fingerprint density at radius 1 is 1.31 bits per heavy atom. The van der Waals surface area contributed by atoms with Crippen LogP contribution in [0, 0.1) is 20.8 Å². The molecule has 2 aromatic rings. The number of nitrogens with one attached hydrogen (secondary N) is 2. The Morgan fingerprint density at radius 3 is 2.77 bits per heavy atom.